The number of nitrogens with zero attached hydrogens (tertiary/aromatic N) is 1. The smallest absolute Gasteiger partial charge is 0.220 e. The van der Waals surface area contributed by atoms with Crippen molar-refractivity contribution >= 4 is 29.1 Å². The molecule has 1 atom stereocenters. The first kappa shape index (κ1) is 18.8. The fourth-order valence-electron chi connectivity index (χ4n) is 3.22. The van der Waals surface area contributed by atoms with E-state index in [0.717, 1.165) is 17.7 Å². The van der Waals surface area contributed by atoms with E-state index in [1.54, 1.807) is 24.4 Å². The summed E-state index contributed by atoms with van der Waals surface area (Å²) in [6.07, 6.45) is 3.05. The van der Waals surface area contributed by atoms with Crippen LogP contribution in [0.25, 0.3) is 11.3 Å². The van der Waals surface area contributed by atoms with E-state index in [1.807, 2.05) is 24.3 Å². The Morgan fingerprint density at radius 1 is 1.21 bits per heavy atom. The number of carbonyl (C=O) groups excluding carboxylic acids is 1. The zero-order chi connectivity index (χ0) is 19.5. The fourth-order valence-corrected chi connectivity index (χ4v) is 3.72. The molecule has 0 saturated carbocycles. The molecule has 0 radical (unpaired) electrons. The summed E-state index contributed by atoms with van der Waals surface area (Å²) < 4.78 is 11.4. The second kappa shape index (κ2) is 8.25. The molecule has 1 amide bonds. The topological polar surface area (TPSA) is 64.4 Å². The van der Waals surface area contributed by atoms with E-state index in [-0.39, 0.29) is 18.4 Å². The van der Waals surface area contributed by atoms with Crippen LogP contribution in [-0.2, 0) is 11.2 Å². The van der Waals surface area contributed by atoms with Gasteiger partial charge >= 0.3 is 0 Å². The lowest BCUT2D eigenvalue weighted by Gasteiger charge is -2.26. The van der Waals surface area contributed by atoms with Gasteiger partial charge in [0.05, 0.1) is 23.9 Å². The van der Waals surface area contributed by atoms with Crippen molar-refractivity contribution < 1.29 is 13.9 Å². The normalized spacial score (nSPS) is 15.6. The summed E-state index contributed by atoms with van der Waals surface area (Å²) in [5.74, 6) is 1.82. The number of halogens is 2. The van der Waals surface area contributed by atoms with Crippen molar-refractivity contribution in [3.05, 3.63) is 70.2 Å². The van der Waals surface area contributed by atoms with E-state index in [9.17, 15) is 4.79 Å². The third kappa shape index (κ3) is 4.16. The highest BCUT2D eigenvalue weighted by Gasteiger charge is 2.22. The van der Waals surface area contributed by atoms with Crippen molar-refractivity contribution in [1.29, 1.82) is 0 Å². The van der Waals surface area contributed by atoms with Crippen LogP contribution in [0.4, 0.5) is 0 Å². The lowest BCUT2D eigenvalue weighted by atomic mass is 10.0. The van der Waals surface area contributed by atoms with Crippen LogP contribution in [0.3, 0.4) is 0 Å². The highest BCUT2D eigenvalue weighted by atomic mass is 35.5. The van der Waals surface area contributed by atoms with Gasteiger partial charge < -0.3 is 14.5 Å². The Morgan fingerprint density at radius 3 is 2.93 bits per heavy atom. The number of amides is 1. The van der Waals surface area contributed by atoms with Crippen molar-refractivity contribution in [2.75, 3.05) is 6.61 Å². The van der Waals surface area contributed by atoms with E-state index >= 15 is 0 Å². The third-order valence-electron chi connectivity index (χ3n) is 4.61. The summed E-state index contributed by atoms with van der Waals surface area (Å²) in [6.45, 7) is 0.590. The van der Waals surface area contributed by atoms with E-state index in [1.165, 1.54) is 0 Å². The van der Waals surface area contributed by atoms with Crippen molar-refractivity contribution in [3.63, 3.8) is 0 Å². The number of aryl methyl sites for hydroxylation is 1. The van der Waals surface area contributed by atoms with Gasteiger partial charge in [-0.1, -0.05) is 41.4 Å². The highest BCUT2D eigenvalue weighted by Crippen LogP contribution is 2.32. The Balaban J connectivity index is 1.37. The molecule has 0 fully saturated rings. The Bertz CT molecular complexity index is 1000. The average molecular weight is 417 g/mol. The van der Waals surface area contributed by atoms with Gasteiger partial charge in [0, 0.05) is 35.4 Å². The molecule has 7 heteroatoms. The van der Waals surface area contributed by atoms with Gasteiger partial charge in [-0.05, 0) is 24.3 Å². The Labute approximate surface area is 172 Å². The van der Waals surface area contributed by atoms with E-state index in [2.05, 4.69) is 10.3 Å². The number of hydrogen-bond acceptors (Lipinski definition) is 4. The van der Waals surface area contributed by atoms with Gasteiger partial charge in [0.2, 0.25) is 5.91 Å². The van der Waals surface area contributed by atoms with Crippen LogP contribution in [-0.4, -0.2) is 17.5 Å². The highest BCUT2D eigenvalue weighted by molar-refractivity contribution is 6.36. The molecule has 0 aliphatic carbocycles. The predicted octanol–water partition coefficient (Wildman–Crippen LogP) is 5.22. The molecular formula is C21H18Cl2N2O3. The minimum atomic E-state index is -0.0500. The van der Waals surface area contributed by atoms with Gasteiger partial charge in [-0.2, -0.15) is 0 Å². The molecule has 1 aromatic heterocycles. The number of rotatable bonds is 5. The molecule has 4 rings (SSSR count). The second-order valence-corrected chi connectivity index (χ2v) is 7.38. The standard InChI is InChI=1S/C21H18Cl2N2O3/c22-13-5-6-14(16(23)11-13)19-12-24-21(28-19)8-7-20(26)25-17-9-10-27-18-4-2-1-3-15(17)18/h1-6,11-12,17H,7-10H2,(H,25,26)/t17-/m1/s1. The monoisotopic (exact) mass is 416 g/mol. The molecule has 1 aliphatic heterocycles. The molecule has 0 spiro atoms. The van der Waals surface area contributed by atoms with Crippen LogP contribution >= 0.6 is 23.2 Å². The van der Waals surface area contributed by atoms with Gasteiger partial charge in [0.15, 0.2) is 11.7 Å². The number of fused-ring (bicyclic) bond motifs is 1. The van der Waals surface area contributed by atoms with E-state index in [0.29, 0.717) is 40.3 Å². The lowest BCUT2D eigenvalue weighted by Crippen LogP contribution is -2.32. The number of oxazole rings is 1. The quantitative estimate of drug-likeness (QED) is 0.618. The molecule has 144 valence electrons. The van der Waals surface area contributed by atoms with Crippen LogP contribution in [0.5, 0.6) is 5.75 Å². The van der Waals surface area contributed by atoms with E-state index < -0.39 is 0 Å². The van der Waals surface area contributed by atoms with Crippen LogP contribution in [0.1, 0.15) is 30.3 Å². The van der Waals surface area contributed by atoms with Crippen molar-refractivity contribution in [1.82, 2.24) is 10.3 Å². The molecule has 28 heavy (non-hydrogen) atoms. The molecule has 3 aromatic rings. The summed E-state index contributed by atoms with van der Waals surface area (Å²) in [4.78, 5) is 16.7. The summed E-state index contributed by atoms with van der Waals surface area (Å²) >= 11 is 12.1. The molecule has 2 aromatic carbocycles. The fraction of sp³-hybridized carbons (Fsp3) is 0.238. The lowest BCUT2D eigenvalue weighted by molar-refractivity contribution is -0.122. The molecule has 5 nitrogen and oxygen atoms in total. The molecule has 2 heterocycles. The first-order valence-electron chi connectivity index (χ1n) is 9.01. The predicted molar refractivity (Wildman–Crippen MR) is 108 cm³/mol. The zero-order valence-electron chi connectivity index (χ0n) is 15.0. The molecular weight excluding hydrogens is 399 g/mol. The summed E-state index contributed by atoms with van der Waals surface area (Å²) in [5, 5.41) is 4.12. The Morgan fingerprint density at radius 2 is 2.07 bits per heavy atom. The number of ether oxygens (including phenoxy) is 1. The van der Waals surface area contributed by atoms with Crippen molar-refractivity contribution in [2.24, 2.45) is 0 Å². The van der Waals surface area contributed by atoms with Gasteiger partial charge in [0.25, 0.3) is 0 Å². The van der Waals surface area contributed by atoms with Crippen molar-refractivity contribution in [2.45, 2.75) is 25.3 Å². The Hall–Kier alpha value is -2.50. The van der Waals surface area contributed by atoms with Crippen molar-refractivity contribution in [3.8, 4) is 17.1 Å². The van der Waals surface area contributed by atoms with Gasteiger partial charge in [-0.15, -0.1) is 0 Å². The largest absolute Gasteiger partial charge is 0.493 e. The number of hydrogen-bond donors (Lipinski definition) is 1. The molecule has 0 unspecified atom stereocenters. The SMILES string of the molecule is O=C(CCc1ncc(-c2ccc(Cl)cc2Cl)o1)N[C@@H]1CCOc2ccccc21. The Kier molecular flexibility index (Phi) is 5.55. The van der Waals surface area contributed by atoms with E-state index in [4.69, 9.17) is 32.4 Å². The zero-order valence-corrected chi connectivity index (χ0v) is 16.5. The minimum Gasteiger partial charge on any atom is -0.493 e. The van der Waals surface area contributed by atoms with Crippen LogP contribution < -0.4 is 10.1 Å². The average Bonchev–Trinajstić information content (AvgIpc) is 3.15. The first-order chi connectivity index (χ1) is 13.6. The number of carbonyl (C=O) groups is 1. The number of para-hydroxylation sites is 1. The maximum absolute atomic E-state index is 12.4. The third-order valence-corrected chi connectivity index (χ3v) is 5.16. The number of aromatic nitrogens is 1. The number of nitrogens with one attached hydrogen (secondary N) is 1. The van der Waals surface area contributed by atoms with Gasteiger partial charge in [-0.25, -0.2) is 4.98 Å². The summed E-state index contributed by atoms with van der Waals surface area (Å²) in [6, 6.07) is 12.9. The molecule has 0 bridgehead atoms. The molecule has 1 aliphatic rings. The minimum absolute atomic E-state index is 0.0366. The van der Waals surface area contributed by atoms with Crippen LogP contribution in [0.2, 0.25) is 10.0 Å². The molecule has 0 saturated heterocycles. The maximum Gasteiger partial charge on any atom is 0.220 e. The van der Waals surface area contributed by atoms with Crippen LogP contribution in [0, 0.1) is 0 Å². The first-order valence-corrected chi connectivity index (χ1v) is 9.77. The maximum atomic E-state index is 12.4. The summed E-state index contributed by atoms with van der Waals surface area (Å²) in [5.41, 5.74) is 1.73. The molecule has 1 N–H and O–H groups in total. The number of benzene rings is 2. The second-order valence-electron chi connectivity index (χ2n) is 6.54. The van der Waals surface area contributed by atoms with Crippen LogP contribution in [0.15, 0.2) is 53.1 Å². The summed E-state index contributed by atoms with van der Waals surface area (Å²) in [7, 11) is 0. The van der Waals surface area contributed by atoms with Gasteiger partial charge in [0.1, 0.15) is 5.75 Å². The van der Waals surface area contributed by atoms with Gasteiger partial charge in [-0.3, -0.25) is 4.79 Å².